The summed E-state index contributed by atoms with van der Waals surface area (Å²) >= 11 is 0. The second-order valence-electron chi connectivity index (χ2n) is 4.26. The number of carbonyl (C=O) groups is 1. The summed E-state index contributed by atoms with van der Waals surface area (Å²) in [6.45, 7) is 6.27. The number of phenols is 1. The van der Waals surface area contributed by atoms with Gasteiger partial charge in [0, 0.05) is 18.2 Å². The molecule has 0 radical (unpaired) electrons. The van der Waals surface area contributed by atoms with Gasteiger partial charge in [-0.2, -0.15) is 0 Å². The maximum atomic E-state index is 12.3. The van der Waals surface area contributed by atoms with Gasteiger partial charge in [0.1, 0.15) is 18.1 Å². The van der Waals surface area contributed by atoms with Gasteiger partial charge in [-0.3, -0.25) is 5.32 Å². The lowest BCUT2D eigenvalue weighted by atomic mass is 9.92. The number of nitrogens with one attached hydrogen (secondary N) is 1. The van der Waals surface area contributed by atoms with E-state index in [1.165, 1.54) is 12.1 Å². The van der Waals surface area contributed by atoms with Crippen LogP contribution < -0.4 is 10.1 Å². The fourth-order valence-electron chi connectivity index (χ4n) is 2.13. The molecule has 102 valence electrons. The molecule has 1 aliphatic rings. The number of hydrogen-bond acceptors (Lipinski definition) is 5. The van der Waals surface area contributed by atoms with Crippen LogP contribution in [0.5, 0.6) is 11.5 Å². The van der Waals surface area contributed by atoms with Crippen molar-refractivity contribution in [1.82, 2.24) is 5.32 Å². The van der Waals surface area contributed by atoms with Crippen molar-refractivity contribution in [3.05, 3.63) is 36.4 Å². The molecule has 1 aliphatic heterocycles. The van der Waals surface area contributed by atoms with E-state index in [-0.39, 0.29) is 18.3 Å². The molecule has 0 saturated heterocycles. The van der Waals surface area contributed by atoms with E-state index in [9.17, 15) is 9.90 Å². The highest BCUT2D eigenvalue weighted by Crippen LogP contribution is 2.39. The topological polar surface area (TPSA) is 67.8 Å². The second kappa shape index (κ2) is 5.32. The van der Waals surface area contributed by atoms with Gasteiger partial charge in [-0.25, -0.2) is 4.79 Å². The fraction of sp³-hybridized carbons (Fsp3) is 0.357. The highest BCUT2D eigenvalue weighted by molar-refractivity contribution is 5.85. The number of hydrogen-bond donors (Lipinski definition) is 2. The lowest BCUT2D eigenvalue weighted by Gasteiger charge is -2.26. The van der Waals surface area contributed by atoms with Crippen LogP contribution >= 0.6 is 0 Å². The molecule has 0 aliphatic carbocycles. The Kier molecular flexibility index (Phi) is 3.76. The first-order valence-corrected chi connectivity index (χ1v) is 6.13. The van der Waals surface area contributed by atoms with Crippen molar-refractivity contribution in [2.75, 3.05) is 19.8 Å². The van der Waals surface area contributed by atoms with Crippen molar-refractivity contribution in [3.63, 3.8) is 0 Å². The number of fused-ring (bicyclic) bond motifs is 1. The van der Waals surface area contributed by atoms with Gasteiger partial charge in [0.2, 0.25) is 0 Å². The normalized spacial score (nSPS) is 20.5. The van der Waals surface area contributed by atoms with E-state index in [2.05, 4.69) is 11.9 Å². The van der Waals surface area contributed by atoms with E-state index >= 15 is 0 Å². The SMILES string of the molecule is C=CCNC1(C(=O)OCC)COc2cc(O)ccc21. The van der Waals surface area contributed by atoms with Gasteiger partial charge in [0.15, 0.2) is 5.54 Å². The molecule has 1 heterocycles. The Balaban J connectivity index is 2.41. The number of rotatable bonds is 5. The third-order valence-electron chi connectivity index (χ3n) is 3.04. The van der Waals surface area contributed by atoms with Crippen LogP contribution in [0.1, 0.15) is 12.5 Å². The van der Waals surface area contributed by atoms with Crippen LogP contribution in [-0.4, -0.2) is 30.8 Å². The number of aromatic hydroxyl groups is 1. The van der Waals surface area contributed by atoms with E-state index in [4.69, 9.17) is 9.47 Å². The molecule has 0 saturated carbocycles. The predicted molar refractivity (Wildman–Crippen MR) is 70.1 cm³/mol. The number of ether oxygens (including phenoxy) is 2. The van der Waals surface area contributed by atoms with Crippen molar-refractivity contribution in [2.24, 2.45) is 0 Å². The zero-order valence-electron chi connectivity index (χ0n) is 10.8. The Morgan fingerprint density at radius 2 is 2.47 bits per heavy atom. The molecule has 2 N–H and O–H groups in total. The summed E-state index contributed by atoms with van der Waals surface area (Å²) < 4.78 is 10.6. The largest absolute Gasteiger partial charge is 0.508 e. The monoisotopic (exact) mass is 263 g/mol. The third kappa shape index (κ3) is 2.29. The minimum Gasteiger partial charge on any atom is -0.508 e. The molecule has 19 heavy (non-hydrogen) atoms. The van der Waals surface area contributed by atoms with E-state index in [1.54, 1.807) is 19.1 Å². The number of carbonyl (C=O) groups excluding carboxylic acids is 1. The summed E-state index contributed by atoms with van der Waals surface area (Å²) in [7, 11) is 0. The minimum atomic E-state index is -1.03. The van der Waals surface area contributed by atoms with Gasteiger partial charge in [0.25, 0.3) is 0 Å². The maximum Gasteiger partial charge on any atom is 0.334 e. The molecule has 1 atom stereocenters. The first-order chi connectivity index (χ1) is 9.14. The molecule has 0 amide bonds. The van der Waals surface area contributed by atoms with Crippen LogP contribution in [-0.2, 0) is 15.1 Å². The zero-order chi connectivity index (χ0) is 13.9. The molecule has 2 rings (SSSR count). The molecular weight excluding hydrogens is 246 g/mol. The Morgan fingerprint density at radius 3 is 3.16 bits per heavy atom. The average Bonchev–Trinajstić information content (AvgIpc) is 2.76. The Bertz CT molecular complexity index is 500. The molecule has 0 fully saturated rings. The predicted octanol–water partition coefficient (Wildman–Crippen LogP) is 1.32. The number of esters is 1. The Labute approximate surface area is 111 Å². The van der Waals surface area contributed by atoms with E-state index in [1.807, 2.05) is 0 Å². The molecular formula is C14H17NO4. The quantitative estimate of drug-likeness (QED) is 0.619. The molecule has 1 aromatic rings. The molecule has 0 spiro atoms. The van der Waals surface area contributed by atoms with E-state index in [0.717, 1.165) is 0 Å². The Morgan fingerprint density at radius 1 is 1.68 bits per heavy atom. The second-order valence-corrected chi connectivity index (χ2v) is 4.26. The van der Waals surface area contributed by atoms with Crippen LogP contribution in [0.2, 0.25) is 0 Å². The molecule has 1 aromatic carbocycles. The van der Waals surface area contributed by atoms with Gasteiger partial charge in [-0.1, -0.05) is 6.08 Å². The van der Waals surface area contributed by atoms with Crippen LogP contribution in [0, 0.1) is 0 Å². The van der Waals surface area contributed by atoms with Gasteiger partial charge in [0.05, 0.1) is 6.61 Å². The van der Waals surface area contributed by atoms with Crippen LogP contribution in [0.3, 0.4) is 0 Å². The zero-order valence-corrected chi connectivity index (χ0v) is 10.8. The first kappa shape index (κ1) is 13.4. The minimum absolute atomic E-state index is 0.0992. The summed E-state index contributed by atoms with van der Waals surface area (Å²) in [5, 5.41) is 12.6. The molecule has 1 unspecified atom stereocenters. The summed E-state index contributed by atoms with van der Waals surface area (Å²) in [5.74, 6) is 0.202. The summed E-state index contributed by atoms with van der Waals surface area (Å²) in [6.07, 6.45) is 1.67. The smallest absolute Gasteiger partial charge is 0.334 e. The fourth-order valence-corrected chi connectivity index (χ4v) is 2.13. The lowest BCUT2D eigenvalue weighted by Crippen LogP contribution is -2.51. The standard InChI is InChI=1S/C14H17NO4/c1-3-7-15-14(13(17)18-4-2)9-19-12-8-10(16)5-6-11(12)14/h3,5-6,8,15-16H,1,4,7,9H2,2H3. The van der Waals surface area contributed by atoms with Crippen LogP contribution in [0.4, 0.5) is 0 Å². The van der Waals surface area contributed by atoms with Crippen LogP contribution in [0.25, 0.3) is 0 Å². The molecule has 0 aromatic heterocycles. The van der Waals surface area contributed by atoms with E-state index < -0.39 is 5.54 Å². The van der Waals surface area contributed by atoms with Crippen molar-refractivity contribution in [3.8, 4) is 11.5 Å². The lowest BCUT2D eigenvalue weighted by molar-refractivity contribution is -0.152. The maximum absolute atomic E-state index is 12.3. The number of phenolic OH excluding ortho intramolecular Hbond substituents is 1. The highest BCUT2D eigenvalue weighted by Gasteiger charge is 2.48. The van der Waals surface area contributed by atoms with Gasteiger partial charge in [-0.15, -0.1) is 6.58 Å². The summed E-state index contributed by atoms with van der Waals surface area (Å²) in [6, 6.07) is 4.69. The van der Waals surface area contributed by atoms with Gasteiger partial charge >= 0.3 is 5.97 Å². The molecule has 5 heteroatoms. The third-order valence-corrected chi connectivity index (χ3v) is 3.04. The van der Waals surface area contributed by atoms with Crippen molar-refractivity contribution in [2.45, 2.75) is 12.5 Å². The van der Waals surface area contributed by atoms with Crippen molar-refractivity contribution >= 4 is 5.97 Å². The highest BCUT2D eigenvalue weighted by atomic mass is 16.5. The van der Waals surface area contributed by atoms with Crippen molar-refractivity contribution < 1.29 is 19.4 Å². The first-order valence-electron chi connectivity index (χ1n) is 6.13. The van der Waals surface area contributed by atoms with Gasteiger partial charge in [-0.05, 0) is 19.1 Å². The van der Waals surface area contributed by atoms with E-state index in [0.29, 0.717) is 24.5 Å². The molecule has 5 nitrogen and oxygen atoms in total. The average molecular weight is 263 g/mol. The van der Waals surface area contributed by atoms with Crippen LogP contribution in [0.15, 0.2) is 30.9 Å². The summed E-state index contributed by atoms with van der Waals surface area (Å²) in [4.78, 5) is 12.3. The Hall–Kier alpha value is -2.01. The van der Waals surface area contributed by atoms with Crippen molar-refractivity contribution in [1.29, 1.82) is 0 Å². The number of benzene rings is 1. The summed E-state index contributed by atoms with van der Waals surface area (Å²) in [5.41, 5.74) is -0.363. The van der Waals surface area contributed by atoms with Gasteiger partial charge < -0.3 is 14.6 Å². The molecule has 0 bridgehead atoms.